The molecule has 0 fully saturated rings. The normalized spacial score (nSPS) is 12.3. The third-order valence-electron chi connectivity index (χ3n) is 3.13. The number of rotatable bonds is 3. The number of hydrogen-bond acceptors (Lipinski definition) is 2. The van der Waals surface area contributed by atoms with Crippen molar-refractivity contribution in [2.75, 3.05) is 7.11 Å². The molecular weight excluding hydrogens is 204 g/mol. The molecule has 0 bridgehead atoms. The quantitative estimate of drug-likeness (QED) is 0.855. The maximum Gasteiger partial charge on any atom is 0.310 e. The summed E-state index contributed by atoms with van der Waals surface area (Å²) < 4.78 is 5.25. The van der Waals surface area contributed by atoms with Crippen LogP contribution < -0.4 is 4.74 Å². The summed E-state index contributed by atoms with van der Waals surface area (Å²) in [6.45, 7) is 7.53. The molecule has 0 aliphatic rings. The summed E-state index contributed by atoms with van der Waals surface area (Å²) in [4.78, 5) is 11.0. The van der Waals surface area contributed by atoms with Gasteiger partial charge in [0, 0.05) is 0 Å². The minimum Gasteiger partial charge on any atom is -0.496 e. The summed E-state index contributed by atoms with van der Waals surface area (Å²) in [6.07, 6.45) is 0. The summed E-state index contributed by atoms with van der Waals surface area (Å²) in [5, 5.41) is 9.07. The predicted molar refractivity (Wildman–Crippen MR) is 63.3 cm³/mol. The van der Waals surface area contributed by atoms with Crippen LogP contribution in [0.4, 0.5) is 0 Å². The molecule has 1 rings (SSSR count). The molecule has 1 aromatic carbocycles. The topological polar surface area (TPSA) is 46.5 Å². The van der Waals surface area contributed by atoms with E-state index in [9.17, 15) is 4.79 Å². The number of benzene rings is 1. The molecule has 0 amide bonds. The SMILES string of the molecule is COc1cc(C)c(C(C)C(=O)O)c(C)c1C. The number of aliphatic carboxylic acids is 1. The number of carboxylic acids is 1. The first kappa shape index (κ1) is 12.6. The van der Waals surface area contributed by atoms with Crippen molar-refractivity contribution in [2.24, 2.45) is 0 Å². The number of methoxy groups -OCH3 is 1. The van der Waals surface area contributed by atoms with Crippen molar-refractivity contribution < 1.29 is 14.6 Å². The molecule has 1 unspecified atom stereocenters. The zero-order valence-electron chi connectivity index (χ0n) is 10.4. The van der Waals surface area contributed by atoms with Gasteiger partial charge in [0.05, 0.1) is 13.0 Å². The van der Waals surface area contributed by atoms with Gasteiger partial charge in [-0.3, -0.25) is 4.79 Å². The first-order chi connectivity index (χ1) is 7.40. The molecule has 16 heavy (non-hydrogen) atoms. The van der Waals surface area contributed by atoms with E-state index in [1.54, 1.807) is 14.0 Å². The van der Waals surface area contributed by atoms with E-state index >= 15 is 0 Å². The van der Waals surface area contributed by atoms with E-state index in [0.29, 0.717) is 0 Å². The van der Waals surface area contributed by atoms with Crippen molar-refractivity contribution >= 4 is 5.97 Å². The Bertz CT molecular complexity index is 422. The molecule has 0 aromatic heterocycles. The lowest BCUT2D eigenvalue weighted by atomic mass is 9.89. The van der Waals surface area contributed by atoms with Gasteiger partial charge in [0.15, 0.2) is 0 Å². The third-order valence-corrected chi connectivity index (χ3v) is 3.13. The highest BCUT2D eigenvalue weighted by atomic mass is 16.5. The Morgan fingerprint density at radius 3 is 2.31 bits per heavy atom. The fourth-order valence-corrected chi connectivity index (χ4v) is 2.07. The Balaban J connectivity index is 3.41. The summed E-state index contributed by atoms with van der Waals surface area (Å²) in [6, 6.07) is 1.90. The van der Waals surface area contributed by atoms with Crippen molar-refractivity contribution in [3.8, 4) is 5.75 Å². The Morgan fingerprint density at radius 2 is 1.88 bits per heavy atom. The van der Waals surface area contributed by atoms with Gasteiger partial charge in [-0.25, -0.2) is 0 Å². The van der Waals surface area contributed by atoms with Crippen molar-refractivity contribution in [1.82, 2.24) is 0 Å². The molecule has 0 spiro atoms. The summed E-state index contributed by atoms with van der Waals surface area (Å²) in [5.74, 6) is -0.461. The molecule has 0 heterocycles. The second kappa shape index (κ2) is 4.56. The fourth-order valence-electron chi connectivity index (χ4n) is 2.07. The Labute approximate surface area is 96.1 Å². The van der Waals surface area contributed by atoms with Gasteiger partial charge in [-0.2, -0.15) is 0 Å². The lowest BCUT2D eigenvalue weighted by Gasteiger charge is -2.18. The molecule has 88 valence electrons. The van der Waals surface area contributed by atoms with Crippen LogP contribution in [0.25, 0.3) is 0 Å². The summed E-state index contributed by atoms with van der Waals surface area (Å²) in [5.41, 5.74) is 3.88. The lowest BCUT2D eigenvalue weighted by molar-refractivity contribution is -0.138. The van der Waals surface area contributed by atoms with Crippen LogP contribution >= 0.6 is 0 Å². The number of hydrogen-bond donors (Lipinski definition) is 1. The molecule has 0 aliphatic heterocycles. The average molecular weight is 222 g/mol. The smallest absolute Gasteiger partial charge is 0.310 e. The number of ether oxygens (including phenoxy) is 1. The van der Waals surface area contributed by atoms with Gasteiger partial charge in [0.2, 0.25) is 0 Å². The van der Waals surface area contributed by atoms with Crippen LogP contribution in [0, 0.1) is 20.8 Å². The van der Waals surface area contributed by atoms with E-state index in [1.807, 2.05) is 26.8 Å². The van der Waals surface area contributed by atoms with Crippen molar-refractivity contribution in [1.29, 1.82) is 0 Å². The molecule has 3 nitrogen and oxygen atoms in total. The first-order valence-corrected chi connectivity index (χ1v) is 5.27. The van der Waals surface area contributed by atoms with E-state index in [2.05, 4.69) is 0 Å². The van der Waals surface area contributed by atoms with E-state index < -0.39 is 11.9 Å². The highest BCUT2D eigenvalue weighted by molar-refractivity contribution is 5.77. The van der Waals surface area contributed by atoms with E-state index in [4.69, 9.17) is 9.84 Å². The molecule has 1 N–H and O–H groups in total. The van der Waals surface area contributed by atoms with Crippen LogP contribution in [0.15, 0.2) is 6.07 Å². The zero-order valence-corrected chi connectivity index (χ0v) is 10.4. The standard InChI is InChI=1S/C13H18O3/c1-7-6-11(16-5)8(2)9(3)12(7)10(4)13(14)15/h6,10H,1-5H3,(H,14,15). The molecule has 0 radical (unpaired) electrons. The van der Waals surface area contributed by atoms with Gasteiger partial charge in [0.25, 0.3) is 0 Å². The maximum absolute atomic E-state index is 11.0. The third kappa shape index (κ3) is 2.03. The fraction of sp³-hybridized carbons (Fsp3) is 0.462. The Morgan fingerprint density at radius 1 is 1.31 bits per heavy atom. The van der Waals surface area contributed by atoms with Crippen LogP contribution in [0.5, 0.6) is 5.75 Å². The highest BCUT2D eigenvalue weighted by Gasteiger charge is 2.20. The van der Waals surface area contributed by atoms with E-state index in [-0.39, 0.29) is 0 Å². The van der Waals surface area contributed by atoms with Crippen LogP contribution in [0.1, 0.15) is 35.1 Å². The van der Waals surface area contributed by atoms with Gasteiger partial charge in [0.1, 0.15) is 5.75 Å². The molecular formula is C13H18O3. The van der Waals surface area contributed by atoms with Gasteiger partial charge < -0.3 is 9.84 Å². The minimum atomic E-state index is -0.796. The molecule has 1 aromatic rings. The number of carbonyl (C=O) groups is 1. The first-order valence-electron chi connectivity index (χ1n) is 5.27. The molecule has 0 saturated carbocycles. The van der Waals surface area contributed by atoms with E-state index in [0.717, 1.165) is 28.0 Å². The average Bonchev–Trinajstić information content (AvgIpc) is 2.23. The van der Waals surface area contributed by atoms with Crippen LogP contribution in [0.3, 0.4) is 0 Å². The van der Waals surface area contributed by atoms with E-state index in [1.165, 1.54) is 0 Å². The highest BCUT2D eigenvalue weighted by Crippen LogP contribution is 2.32. The molecule has 0 saturated heterocycles. The number of aryl methyl sites for hydroxylation is 1. The van der Waals surface area contributed by atoms with Crippen molar-refractivity contribution in [3.05, 3.63) is 28.3 Å². The summed E-state index contributed by atoms with van der Waals surface area (Å²) in [7, 11) is 1.63. The van der Waals surface area contributed by atoms with Gasteiger partial charge in [-0.1, -0.05) is 0 Å². The van der Waals surface area contributed by atoms with Crippen LogP contribution in [-0.4, -0.2) is 18.2 Å². The lowest BCUT2D eigenvalue weighted by Crippen LogP contribution is -2.12. The Hall–Kier alpha value is -1.51. The van der Waals surface area contributed by atoms with Crippen molar-refractivity contribution in [2.45, 2.75) is 33.6 Å². The van der Waals surface area contributed by atoms with Crippen LogP contribution in [0.2, 0.25) is 0 Å². The number of carboxylic acid groups (broad SMARTS) is 1. The molecule has 3 heteroatoms. The van der Waals surface area contributed by atoms with Crippen molar-refractivity contribution in [3.63, 3.8) is 0 Å². The minimum absolute atomic E-state index is 0.482. The Kier molecular flexibility index (Phi) is 3.58. The largest absolute Gasteiger partial charge is 0.496 e. The van der Waals surface area contributed by atoms with Gasteiger partial charge in [-0.05, 0) is 56.0 Å². The summed E-state index contributed by atoms with van der Waals surface area (Å²) >= 11 is 0. The molecule has 1 atom stereocenters. The van der Waals surface area contributed by atoms with Crippen LogP contribution in [-0.2, 0) is 4.79 Å². The zero-order chi connectivity index (χ0) is 12.5. The maximum atomic E-state index is 11.0. The van der Waals surface area contributed by atoms with Gasteiger partial charge >= 0.3 is 5.97 Å². The second-order valence-electron chi connectivity index (χ2n) is 4.12. The predicted octanol–water partition coefficient (Wildman–Crippen LogP) is 2.81. The monoisotopic (exact) mass is 222 g/mol. The van der Waals surface area contributed by atoms with Gasteiger partial charge in [-0.15, -0.1) is 0 Å². The molecule has 0 aliphatic carbocycles. The second-order valence-corrected chi connectivity index (χ2v) is 4.12.